The van der Waals surface area contributed by atoms with Gasteiger partial charge in [-0.15, -0.1) is 12.3 Å². The van der Waals surface area contributed by atoms with Gasteiger partial charge in [-0.05, 0) is 20.0 Å². The highest BCUT2D eigenvalue weighted by Gasteiger charge is 1.95. The van der Waals surface area contributed by atoms with Gasteiger partial charge in [0.1, 0.15) is 0 Å². The molecule has 0 aromatic heterocycles. The molecule has 0 aliphatic rings. The Morgan fingerprint density at radius 2 is 2.18 bits per heavy atom. The van der Waals surface area contributed by atoms with Gasteiger partial charge in [0.05, 0.1) is 6.61 Å². The maximum Gasteiger partial charge on any atom is 0.0589 e. The van der Waals surface area contributed by atoms with Gasteiger partial charge in [0.25, 0.3) is 0 Å². The molecule has 0 N–H and O–H groups in total. The Hall–Kier alpha value is -0.520. The van der Waals surface area contributed by atoms with Gasteiger partial charge in [-0.2, -0.15) is 0 Å². The molecule has 2 nitrogen and oxygen atoms in total. The van der Waals surface area contributed by atoms with Gasteiger partial charge in [-0.1, -0.05) is 0 Å². The second-order valence-electron chi connectivity index (χ2n) is 2.60. The molecule has 0 aliphatic heterocycles. The molecule has 2 heteroatoms. The number of nitrogens with zero attached hydrogens (tertiary/aromatic N) is 1. The van der Waals surface area contributed by atoms with Crippen LogP contribution in [0.5, 0.6) is 0 Å². The van der Waals surface area contributed by atoms with Crippen LogP contribution < -0.4 is 0 Å². The minimum Gasteiger partial charge on any atom is -0.383 e. The first kappa shape index (κ1) is 10.5. The van der Waals surface area contributed by atoms with Crippen LogP contribution in [0.3, 0.4) is 0 Å². The first-order valence-electron chi connectivity index (χ1n) is 3.92. The SMILES string of the molecule is C#CCCCN(C)CCOC. The van der Waals surface area contributed by atoms with Gasteiger partial charge in [0.15, 0.2) is 0 Å². The molecule has 0 spiro atoms. The van der Waals surface area contributed by atoms with Gasteiger partial charge >= 0.3 is 0 Å². The van der Waals surface area contributed by atoms with Crippen LogP contribution in [-0.2, 0) is 4.74 Å². The van der Waals surface area contributed by atoms with E-state index in [2.05, 4.69) is 17.9 Å². The van der Waals surface area contributed by atoms with Gasteiger partial charge in [-0.25, -0.2) is 0 Å². The van der Waals surface area contributed by atoms with Crippen LogP contribution in [0.1, 0.15) is 12.8 Å². The third-order valence-corrected chi connectivity index (χ3v) is 1.54. The minimum atomic E-state index is 0.798. The Morgan fingerprint density at radius 3 is 2.73 bits per heavy atom. The van der Waals surface area contributed by atoms with Crippen molar-refractivity contribution in [1.29, 1.82) is 0 Å². The quantitative estimate of drug-likeness (QED) is 0.419. The van der Waals surface area contributed by atoms with E-state index in [0.717, 1.165) is 32.5 Å². The second kappa shape index (κ2) is 7.59. The molecular weight excluding hydrogens is 138 g/mol. The van der Waals surface area contributed by atoms with E-state index in [1.54, 1.807) is 7.11 Å². The number of unbranched alkanes of at least 4 members (excludes halogenated alkanes) is 1. The van der Waals surface area contributed by atoms with Crippen molar-refractivity contribution >= 4 is 0 Å². The number of hydrogen-bond donors (Lipinski definition) is 0. The summed E-state index contributed by atoms with van der Waals surface area (Å²) in [5.41, 5.74) is 0. The fourth-order valence-corrected chi connectivity index (χ4v) is 0.810. The van der Waals surface area contributed by atoms with E-state index in [1.807, 2.05) is 0 Å². The molecule has 0 saturated carbocycles. The van der Waals surface area contributed by atoms with Gasteiger partial charge < -0.3 is 9.64 Å². The van der Waals surface area contributed by atoms with Crippen molar-refractivity contribution in [3.8, 4) is 12.3 Å². The van der Waals surface area contributed by atoms with Crippen LogP contribution in [-0.4, -0.2) is 38.8 Å². The number of hydrogen-bond acceptors (Lipinski definition) is 2. The summed E-state index contributed by atoms with van der Waals surface area (Å²) in [4.78, 5) is 2.22. The van der Waals surface area contributed by atoms with Gasteiger partial charge in [0.2, 0.25) is 0 Å². The second-order valence-corrected chi connectivity index (χ2v) is 2.60. The van der Waals surface area contributed by atoms with Gasteiger partial charge in [0, 0.05) is 20.1 Å². The summed E-state index contributed by atoms with van der Waals surface area (Å²) in [5.74, 6) is 2.62. The predicted molar refractivity (Wildman–Crippen MR) is 47.4 cm³/mol. The third-order valence-electron chi connectivity index (χ3n) is 1.54. The first-order chi connectivity index (χ1) is 5.31. The fourth-order valence-electron chi connectivity index (χ4n) is 0.810. The lowest BCUT2D eigenvalue weighted by Crippen LogP contribution is -2.23. The van der Waals surface area contributed by atoms with E-state index in [1.165, 1.54) is 0 Å². The molecule has 0 bridgehead atoms. The summed E-state index contributed by atoms with van der Waals surface area (Å²) < 4.78 is 4.94. The number of terminal acetylenes is 1. The number of ether oxygens (including phenoxy) is 1. The van der Waals surface area contributed by atoms with Crippen LogP contribution in [0.2, 0.25) is 0 Å². The first-order valence-corrected chi connectivity index (χ1v) is 3.92. The molecule has 0 unspecified atom stereocenters. The summed E-state index contributed by atoms with van der Waals surface area (Å²) in [7, 11) is 3.80. The van der Waals surface area contributed by atoms with Crippen molar-refractivity contribution in [1.82, 2.24) is 4.90 Å². The molecule has 0 aromatic carbocycles. The fraction of sp³-hybridized carbons (Fsp3) is 0.778. The number of rotatable bonds is 6. The molecule has 0 rings (SSSR count). The highest BCUT2D eigenvalue weighted by atomic mass is 16.5. The average molecular weight is 155 g/mol. The highest BCUT2D eigenvalue weighted by molar-refractivity contribution is 4.83. The van der Waals surface area contributed by atoms with Crippen LogP contribution in [0.4, 0.5) is 0 Å². The lowest BCUT2D eigenvalue weighted by Gasteiger charge is -2.14. The predicted octanol–water partition coefficient (Wildman–Crippen LogP) is 0.978. The third kappa shape index (κ3) is 7.38. The van der Waals surface area contributed by atoms with E-state index in [0.29, 0.717) is 0 Å². The van der Waals surface area contributed by atoms with Crippen molar-refractivity contribution in [2.24, 2.45) is 0 Å². The number of methoxy groups -OCH3 is 1. The highest BCUT2D eigenvalue weighted by Crippen LogP contribution is 1.90. The van der Waals surface area contributed by atoms with Crippen molar-refractivity contribution < 1.29 is 4.74 Å². The summed E-state index contributed by atoms with van der Waals surface area (Å²) >= 11 is 0. The van der Waals surface area contributed by atoms with Crippen LogP contribution in [0.25, 0.3) is 0 Å². The lowest BCUT2D eigenvalue weighted by atomic mass is 10.3. The summed E-state index contributed by atoms with van der Waals surface area (Å²) in [5, 5.41) is 0. The molecule has 0 aliphatic carbocycles. The summed E-state index contributed by atoms with van der Waals surface area (Å²) in [6.07, 6.45) is 7.07. The van der Waals surface area contributed by atoms with Crippen LogP contribution >= 0.6 is 0 Å². The van der Waals surface area contributed by atoms with E-state index in [-0.39, 0.29) is 0 Å². The minimum absolute atomic E-state index is 0.798. The molecule has 0 atom stereocenters. The molecule has 64 valence electrons. The molecule has 0 aromatic rings. The van der Waals surface area contributed by atoms with E-state index in [9.17, 15) is 0 Å². The Labute approximate surface area is 69.5 Å². The number of likely N-dealkylation sites (N-methyl/N-ethyl adjacent to an activating group) is 1. The van der Waals surface area contributed by atoms with Crippen LogP contribution in [0.15, 0.2) is 0 Å². The van der Waals surface area contributed by atoms with Gasteiger partial charge in [-0.3, -0.25) is 0 Å². The van der Waals surface area contributed by atoms with Crippen molar-refractivity contribution in [3.05, 3.63) is 0 Å². The summed E-state index contributed by atoms with van der Waals surface area (Å²) in [6.45, 7) is 2.85. The van der Waals surface area contributed by atoms with E-state index >= 15 is 0 Å². The Bertz CT molecular complexity index is 117. The van der Waals surface area contributed by atoms with Crippen molar-refractivity contribution in [3.63, 3.8) is 0 Å². The standard InChI is InChI=1S/C9H17NO/c1-4-5-6-7-10(2)8-9-11-3/h1H,5-9H2,2-3H3. The Morgan fingerprint density at radius 1 is 1.45 bits per heavy atom. The zero-order valence-corrected chi connectivity index (χ0v) is 7.47. The maximum atomic E-state index is 5.12. The monoisotopic (exact) mass is 155 g/mol. The van der Waals surface area contributed by atoms with Crippen LogP contribution in [0, 0.1) is 12.3 Å². The normalized spacial score (nSPS) is 10.0. The van der Waals surface area contributed by atoms with Crippen molar-refractivity contribution in [2.45, 2.75) is 12.8 Å². The zero-order chi connectivity index (χ0) is 8.53. The van der Waals surface area contributed by atoms with E-state index in [4.69, 9.17) is 11.2 Å². The molecular formula is C9H17NO. The molecule has 0 fully saturated rings. The smallest absolute Gasteiger partial charge is 0.0589 e. The molecule has 0 heterocycles. The molecule has 11 heavy (non-hydrogen) atoms. The zero-order valence-electron chi connectivity index (χ0n) is 7.47. The average Bonchev–Trinajstić information content (AvgIpc) is 2.01. The Balaban J connectivity index is 3.10. The topological polar surface area (TPSA) is 12.5 Å². The maximum absolute atomic E-state index is 5.12. The largest absolute Gasteiger partial charge is 0.383 e. The molecule has 0 amide bonds. The Kier molecular flexibility index (Phi) is 7.23. The molecule has 0 saturated heterocycles. The van der Waals surface area contributed by atoms with E-state index < -0.39 is 0 Å². The summed E-state index contributed by atoms with van der Waals surface area (Å²) in [6, 6.07) is 0. The van der Waals surface area contributed by atoms with Crippen molar-refractivity contribution in [2.75, 3.05) is 33.9 Å². The lowest BCUT2D eigenvalue weighted by molar-refractivity contribution is 0.161. The molecule has 0 radical (unpaired) electrons.